The van der Waals surface area contributed by atoms with Crippen LogP contribution < -0.4 is 15.0 Å². The van der Waals surface area contributed by atoms with Gasteiger partial charge in [0.05, 0.1) is 36.0 Å². The van der Waals surface area contributed by atoms with E-state index in [2.05, 4.69) is 10.5 Å². The predicted molar refractivity (Wildman–Crippen MR) is 133 cm³/mol. The molecule has 0 saturated carbocycles. The van der Waals surface area contributed by atoms with Crippen LogP contribution in [0, 0.1) is 13.8 Å². The number of carbonyl (C=O) groups is 2. The molecule has 2 aromatic carbocycles. The van der Waals surface area contributed by atoms with Crippen molar-refractivity contribution in [3.8, 4) is 5.75 Å². The van der Waals surface area contributed by atoms with Gasteiger partial charge in [0.2, 0.25) is 10.0 Å². The highest BCUT2D eigenvalue weighted by atomic mass is 32.2. The SMILES string of the molecule is Cc1noc(C)c1CN1C(=O)COc2ccc(NC(=O)c3ccc(S(=O)(=O)N4CCOCC4)cc3)cc21. The highest BCUT2D eigenvalue weighted by Gasteiger charge is 2.29. The van der Waals surface area contributed by atoms with Crippen LogP contribution in [-0.4, -0.2) is 62.6 Å². The number of sulfonamides is 1. The van der Waals surface area contributed by atoms with Crippen LogP contribution in [0.4, 0.5) is 11.4 Å². The number of hydrogen-bond acceptors (Lipinski definition) is 8. The highest BCUT2D eigenvalue weighted by molar-refractivity contribution is 7.89. The fourth-order valence-electron chi connectivity index (χ4n) is 4.26. The predicted octanol–water partition coefficient (Wildman–Crippen LogP) is 2.49. The molecule has 0 bridgehead atoms. The van der Waals surface area contributed by atoms with E-state index in [0.717, 1.165) is 5.56 Å². The van der Waals surface area contributed by atoms with E-state index in [0.29, 0.717) is 60.4 Å². The molecule has 0 radical (unpaired) electrons. The number of amides is 2. The molecular formula is C25H26N4O7S. The minimum Gasteiger partial charge on any atom is -0.482 e. The average molecular weight is 527 g/mol. The lowest BCUT2D eigenvalue weighted by molar-refractivity contribution is -0.121. The number of anilines is 2. The second kappa shape index (κ2) is 9.96. The van der Waals surface area contributed by atoms with E-state index in [9.17, 15) is 18.0 Å². The maximum atomic E-state index is 12.9. The number of rotatable bonds is 6. The molecule has 12 heteroatoms. The standard InChI is InChI=1S/C25H26N4O7S/c1-16-21(17(2)36-27-16)14-29-22-13-19(5-8-23(22)35-15-24(29)30)26-25(31)18-3-6-20(7-4-18)37(32,33)28-9-11-34-12-10-28/h3-8,13H,9-12,14-15H2,1-2H3,(H,26,31). The molecule has 0 atom stereocenters. The monoisotopic (exact) mass is 526 g/mol. The Kier molecular flexibility index (Phi) is 6.71. The molecule has 1 N–H and O–H groups in total. The van der Waals surface area contributed by atoms with Crippen molar-refractivity contribution >= 4 is 33.2 Å². The van der Waals surface area contributed by atoms with E-state index < -0.39 is 15.9 Å². The molecule has 2 aliphatic rings. The number of nitrogens with zero attached hydrogens (tertiary/aromatic N) is 3. The summed E-state index contributed by atoms with van der Waals surface area (Å²) >= 11 is 0. The van der Waals surface area contributed by atoms with Crippen molar-refractivity contribution in [3.05, 3.63) is 65.0 Å². The van der Waals surface area contributed by atoms with Crippen LogP contribution in [0.1, 0.15) is 27.4 Å². The van der Waals surface area contributed by atoms with E-state index in [-0.39, 0.29) is 24.0 Å². The van der Waals surface area contributed by atoms with E-state index in [1.807, 2.05) is 6.92 Å². The third-order valence-corrected chi connectivity index (χ3v) is 8.29. The molecule has 11 nitrogen and oxygen atoms in total. The van der Waals surface area contributed by atoms with E-state index >= 15 is 0 Å². The summed E-state index contributed by atoms with van der Waals surface area (Å²) in [5.74, 6) is 0.493. The van der Waals surface area contributed by atoms with Crippen LogP contribution in [0.5, 0.6) is 5.75 Å². The van der Waals surface area contributed by atoms with Crippen molar-refractivity contribution in [2.45, 2.75) is 25.3 Å². The Morgan fingerprint density at radius 1 is 1.08 bits per heavy atom. The number of morpholine rings is 1. The first-order valence-electron chi connectivity index (χ1n) is 11.7. The Morgan fingerprint density at radius 3 is 2.49 bits per heavy atom. The van der Waals surface area contributed by atoms with Crippen molar-refractivity contribution in [1.82, 2.24) is 9.46 Å². The number of aryl methyl sites for hydroxylation is 2. The molecule has 0 spiro atoms. The number of fused-ring (bicyclic) bond motifs is 1. The van der Waals surface area contributed by atoms with Gasteiger partial charge in [0.15, 0.2) is 6.61 Å². The maximum Gasteiger partial charge on any atom is 0.265 e. The Hall–Kier alpha value is -3.74. The molecule has 37 heavy (non-hydrogen) atoms. The van der Waals surface area contributed by atoms with E-state index in [4.69, 9.17) is 14.0 Å². The summed E-state index contributed by atoms with van der Waals surface area (Å²) < 4.78 is 43.0. The molecule has 0 aliphatic carbocycles. The molecular weight excluding hydrogens is 500 g/mol. The first-order valence-corrected chi connectivity index (χ1v) is 13.2. The molecule has 5 rings (SSSR count). The van der Waals surface area contributed by atoms with Gasteiger partial charge in [-0.25, -0.2) is 8.42 Å². The van der Waals surface area contributed by atoms with Gasteiger partial charge in [0, 0.05) is 29.9 Å². The van der Waals surface area contributed by atoms with E-state index in [1.54, 1.807) is 30.0 Å². The van der Waals surface area contributed by atoms with Crippen molar-refractivity contribution in [2.24, 2.45) is 0 Å². The first kappa shape index (κ1) is 24.9. The summed E-state index contributed by atoms with van der Waals surface area (Å²) in [5, 5.41) is 6.76. The summed E-state index contributed by atoms with van der Waals surface area (Å²) in [5.41, 5.74) is 2.76. The van der Waals surface area contributed by atoms with Crippen molar-refractivity contribution in [2.75, 3.05) is 43.1 Å². The molecule has 2 aliphatic heterocycles. The number of hydrogen-bond donors (Lipinski definition) is 1. The number of nitrogens with one attached hydrogen (secondary N) is 1. The molecule has 3 heterocycles. The smallest absolute Gasteiger partial charge is 0.265 e. The van der Waals surface area contributed by atoms with Crippen LogP contribution in [0.15, 0.2) is 51.9 Å². The lowest BCUT2D eigenvalue weighted by Crippen LogP contribution is -2.40. The lowest BCUT2D eigenvalue weighted by atomic mass is 10.1. The largest absolute Gasteiger partial charge is 0.482 e. The third-order valence-electron chi connectivity index (χ3n) is 6.38. The Labute approximate surface area is 214 Å². The van der Waals surface area contributed by atoms with Crippen LogP contribution in [0.2, 0.25) is 0 Å². The van der Waals surface area contributed by atoms with Gasteiger partial charge in [0.1, 0.15) is 11.5 Å². The summed E-state index contributed by atoms with van der Waals surface area (Å²) in [7, 11) is -3.65. The minimum absolute atomic E-state index is 0.0954. The zero-order chi connectivity index (χ0) is 26.2. The Bertz CT molecular complexity index is 1420. The van der Waals surface area contributed by atoms with Crippen molar-refractivity contribution in [1.29, 1.82) is 0 Å². The molecule has 3 aromatic rings. The third kappa shape index (κ3) is 4.95. The maximum absolute atomic E-state index is 12.9. The molecule has 1 aromatic heterocycles. The van der Waals surface area contributed by atoms with E-state index in [1.165, 1.54) is 28.6 Å². The van der Waals surface area contributed by atoms with Gasteiger partial charge in [-0.15, -0.1) is 0 Å². The quantitative estimate of drug-likeness (QED) is 0.518. The normalized spacial score (nSPS) is 16.3. The van der Waals surface area contributed by atoms with Crippen molar-refractivity contribution < 1.29 is 32.0 Å². The van der Waals surface area contributed by atoms with Gasteiger partial charge in [0.25, 0.3) is 11.8 Å². The summed E-state index contributed by atoms with van der Waals surface area (Å²) in [6.07, 6.45) is 0. The van der Waals surface area contributed by atoms with Crippen LogP contribution >= 0.6 is 0 Å². The highest BCUT2D eigenvalue weighted by Crippen LogP contribution is 2.36. The number of ether oxygens (including phenoxy) is 2. The molecule has 1 fully saturated rings. The van der Waals surface area contributed by atoms with Crippen LogP contribution in [-0.2, 0) is 26.1 Å². The van der Waals surface area contributed by atoms with Gasteiger partial charge in [-0.05, 0) is 56.3 Å². The molecule has 2 amide bonds. The zero-order valence-corrected chi connectivity index (χ0v) is 21.2. The fourth-order valence-corrected chi connectivity index (χ4v) is 5.66. The summed E-state index contributed by atoms with van der Waals surface area (Å²) in [6.45, 7) is 5.06. The zero-order valence-electron chi connectivity index (χ0n) is 20.4. The first-order chi connectivity index (χ1) is 17.7. The van der Waals surface area contributed by atoms with Gasteiger partial charge in [-0.1, -0.05) is 5.16 Å². The van der Waals surface area contributed by atoms with Gasteiger partial charge in [-0.2, -0.15) is 4.31 Å². The second-order valence-electron chi connectivity index (χ2n) is 8.75. The number of benzene rings is 2. The lowest BCUT2D eigenvalue weighted by Gasteiger charge is -2.29. The van der Waals surface area contributed by atoms with Crippen LogP contribution in [0.3, 0.4) is 0 Å². The summed E-state index contributed by atoms with van der Waals surface area (Å²) in [4.78, 5) is 27.3. The minimum atomic E-state index is -3.65. The second-order valence-corrected chi connectivity index (χ2v) is 10.7. The van der Waals surface area contributed by atoms with Gasteiger partial charge < -0.3 is 24.2 Å². The van der Waals surface area contributed by atoms with Gasteiger partial charge in [-0.3, -0.25) is 9.59 Å². The fraction of sp³-hybridized carbons (Fsp3) is 0.320. The topological polar surface area (TPSA) is 131 Å². The molecule has 194 valence electrons. The Morgan fingerprint density at radius 2 is 1.81 bits per heavy atom. The average Bonchev–Trinajstić information content (AvgIpc) is 3.23. The van der Waals surface area contributed by atoms with Crippen LogP contribution in [0.25, 0.3) is 0 Å². The Balaban J connectivity index is 1.34. The van der Waals surface area contributed by atoms with Crippen molar-refractivity contribution in [3.63, 3.8) is 0 Å². The molecule has 1 saturated heterocycles. The number of aromatic nitrogens is 1. The summed E-state index contributed by atoms with van der Waals surface area (Å²) in [6, 6.07) is 10.8. The molecule has 0 unspecified atom stereocenters. The number of carbonyl (C=O) groups excluding carboxylic acids is 2. The van der Waals surface area contributed by atoms with Gasteiger partial charge >= 0.3 is 0 Å².